The van der Waals surface area contributed by atoms with E-state index in [0.29, 0.717) is 12.3 Å². The Bertz CT molecular complexity index is 671. The van der Waals surface area contributed by atoms with Crippen molar-refractivity contribution in [3.63, 3.8) is 0 Å². The number of hydrogen-bond donors (Lipinski definition) is 1. The van der Waals surface area contributed by atoms with Crippen LogP contribution in [-0.2, 0) is 19.3 Å². The van der Waals surface area contributed by atoms with Crippen LogP contribution < -0.4 is 10.2 Å². The van der Waals surface area contributed by atoms with Gasteiger partial charge in [0.1, 0.15) is 0 Å². The Morgan fingerprint density at radius 3 is 2.08 bits per heavy atom. The fourth-order valence-corrected chi connectivity index (χ4v) is 3.84. The molecule has 1 fully saturated rings. The Balaban J connectivity index is 1.87. The lowest BCUT2D eigenvalue weighted by atomic mass is 9.79. The first-order valence-electron chi connectivity index (χ1n) is 8.51. The summed E-state index contributed by atoms with van der Waals surface area (Å²) in [5.74, 6) is 0.682. The van der Waals surface area contributed by atoms with E-state index in [4.69, 9.17) is 9.31 Å². The van der Waals surface area contributed by atoms with E-state index in [9.17, 15) is 8.42 Å². The van der Waals surface area contributed by atoms with Crippen molar-refractivity contribution in [1.82, 2.24) is 4.72 Å². The molecule has 1 aliphatic rings. The standard InChI is InChI=1S/C17H28BNO4S2/c1-13(2)25(20,21)19-11-12-24-15-9-7-14(8-10-15)18-22-16(3,4)17(5,6)23-18/h7-10,13,19H,11-12H2,1-6H3. The number of rotatable bonds is 7. The van der Waals surface area contributed by atoms with Crippen LogP contribution in [0.25, 0.3) is 0 Å². The Kier molecular flexibility index (Phi) is 6.32. The second-order valence-corrected chi connectivity index (χ2v) is 11.0. The monoisotopic (exact) mass is 385 g/mol. The molecule has 0 unspecified atom stereocenters. The minimum Gasteiger partial charge on any atom is -0.399 e. The van der Waals surface area contributed by atoms with Crippen LogP contribution in [0.1, 0.15) is 41.5 Å². The molecule has 1 N–H and O–H groups in total. The van der Waals surface area contributed by atoms with Crippen LogP contribution >= 0.6 is 11.8 Å². The average molecular weight is 385 g/mol. The van der Waals surface area contributed by atoms with Crippen molar-refractivity contribution in [2.24, 2.45) is 0 Å². The van der Waals surface area contributed by atoms with Crippen LogP contribution in [0.4, 0.5) is 0 Å². The van der Waals surface area contributed by atoms with E-state index in [1.54, 1.807) is 25.6 Å². The third-order valence-corrected chi connectivity index (χ3v) is 7.56. The minimum atomic E-state index is -3.19. The third-order valence-electron chi connectivity index (χ3n) is 4.70. The van der Waals surface area contributed by atoms with Gasteiger partial charge in [-0.3, -0.25) is 0 Å². The molecule has 2 rings (SSSR count). The van der Waals surface area contributed by atoms with Crippen molar-refractivity contribution in [3.8, 4) is 0 Å². The smallest absolute Gasteiger partial charge is 0.399 e. The molecule has 25 heavy (non-hydrogen) atoms. The number of nitrogens with one attached hydrogen (secondary N) is 1. The first-order valence-corrected chi connectivity index (χ1v) is 11.0. The highest BCUT2D eigenvalue weighted by atomic mass is 32.2. The van der Waals surface area contributed by atoms with Crippen molar-refractivity contribution in [2.45, 2.75) is 62.9 Å². The third kappa shape index (κ3) is 5.01. The summed E-state index contributed by atoms with van der Waals surface area (Å²) < 4.78 is 38.1. The molecule has 140 valence electrons. The van der Waals surface area contributed by atoms with E-state index in [1.165, 1.54) is 0 Å². The van der Waals surface area contributed by atoms with Gasteiger partial charge < -0.3 is 9.31 Å². The molecule has 8 heteroatoms. The van der Waals surface area contributed by atoms with Gasteiger partial charge in [-0.15, -0.1) is 11.8 Å². The molecular weight excluding hydrogens is 357 g/mol. The highest BCUT2D eigenvalue weighted by molar-refractivity contribution is 7.99. The maximum Gasteiger partial charge on any atom is 0.494 e. The molecule has 0 atom stereocenters. The lowest BCUT2D eigenvalue weighted by molar-refractivity contribution is 0.00578. The quantitative estimate of drug-likeness (QED) is 0.444. The summed E-state index contributed by atoms with van der Waals surface area (Å²) in [6.07, 6.45) is 0. The second kappa shape index (κ2) is 7.60. The summed E-state index contributed by atoms with van der Waals surface area (Å²) in [5.41, 5.74) is 0.292. The van der Waals surface area contributed by atoms with Gasteiger partial charge in [-0.25, -0.2) is 13.1 Å². The summed E-state index contributed by atoms with van der Waals surface area (Å²) in [6, 6.07) is 8.04. The lowest BCUT2D eigenvalue weighted by Gasteiger charge is -2.32. The SMILES string of the molecule is CC(C)S(=O)(=O)NCCSc1ccc(B2OC(C)(C)C(C)(C)O2)cc1. The molecule has 0 bridgehead atoms. The summed E-state index contributed by atoms with van der Waals surface area (Å²) in [6.45, 7) is 11.9. The van der Waals surface area contributed by atoms with Crippen molar-refractivity contribution in [2.75, 3.05) is 12.3 Å². The Labute approximate surface area is 156 Å². The number of sulfonamides is 1. The largest absolute Gasteiger partial charge is 0.494 e. The first-order chi connectivity index (χ1) is 11.4. The summed E-state index contributed by atoms with van der Waals surface area (Å²) in [5, 5.41) is -0.406. The van der Waals surface area contributed by atoms with Crippen molar-refractivity contribution < 1.29 is 17.7 Å². The van der Waals surface area contributed by atoms with E-state index >= 15 is 0 Å². The second-order valence-electron chi connectivity index (χ2n) is 7.49. The van der Waals surface area contributed by atoms with Crippen molar-refractivity contribution in [1.29, 1.82) is 0 Å². The normalized spacial score (nSPS) is 19.6. The number of thioether (sulfide) groups is 1. The van der Waals surface area contributed by atoms with Gasteiger partial charge in [0.2, 0.25) is 10.0 Å². The Hall–Kier alpha value is -0.535. The lowest BCUT2D eigenvalue weighted by Crippen LogP contribution is -2.41. The molecule has 0 radical (unpaired) electrons. The maximum absolute atomic E-state index is 11.7. The first kappa shape index (κ1) is 20.8. The van der Waals surface area contributed by atoms with Gasteiger partial charge >= 0.3 is 7.12 Å². The van der Waals surface area contributed by atoms with Crippen LogP contribution in [0.3, 0.4) is 0 Å². The highest BCUT2D eigenvalue weighted by Gasteiger charge is 2.51. The fraction of sp³-hybridized carbons (Fsp3) is 0.647. The average Bonchev–Trinajstić information content (AvgIpc) is 2.72. The van der Waals surface area contributed by atoms with E-state index < -0.39 is 15.3 Å². The molecule has 5 nitrogen and oxygen atoms in total. The fourth-order valence-electron chi connectivity index (χ4n) is 2.22. The summed E-state index contributed by atoms with van der Waals surface area (Å²) in [4.78, 5) is 1.09. The molecule has 0 spiro atoms. The maximum atomic E-state index is 11.7. The van der Waals surface area contributed by atoms with Gasteiger partial charge in [0.25, 0.3) is 0 Å². The van der Waals surface area contributed by atoms with Gasteiger partial charge in [-0.1, -0.05) is 12.1 Å². The molecule has 0 amide bonds. The summed E-state index contributed by atoms with van der Waals surface area (Å²) in [7, 11) is -3.55. The van der Waals surface area contributed by atoms with Gasteiger partial charge in [0.05, 0.1) is 16.5 Å². The van der Waals surface area contributed by atoms with Crippen LogP contribution in [0.5, 0.6) is 0 Å². The number of hydrogen-bond acceptors (Lipinski definition) is 5. The topological polar surface area (TPSA) is 64.6 Å². The molecule has 1 aliphatic heterocycles. The van der Waals surface area contributed by atoms with Gasteiger partial charge in [0.15, 0.2) is 0 Å². The summed E-state index contributed by atoms with van der Waals surface area (Å²) >= 11 is 1.62. The zero-order valence-electron chi connectivity index (χ0n) is 15.8. The molecule has 1 aromatic carbocycles. The Morgan fingerprint density at radius 1 is 1.08 bits per heavy atom. The predicted molar refractivity (Wildman–Crippen MR) is 105 cm³/mol. The molecule has 0 aromatic heterocycles. The number of benzene rings is 1. The van der Waals surface area contributed by atoms with E-state index in [-0.39, 0.29) is 18.3 Å². The van der Waals surface area contributed by atoms with Gasteiger partial charge in [-0.2, -0.15) is 0 Å². The predicted octanol–water partition coefficient (Wildman–Crippen LogP) is 2.41. The molecule has 0 aliphatic carbocycles. The molecular formula is C17H28BNO4S2. The minimum absolute atomic E-state index is 0.349. The van der Waals surface area contributed by atoms with E-state index in [0.717, 1.165) is 10.4 Å². The van der Waals surface area contributed by atoms with Crippen LogP contribution in [0, 0.1) is 0 Å². The molecule has 0 saturated carbocycles. The van der Waals surface area contributed by atoms with Gasteiger partial charge in [0, 0.05) is 17.2 Å². The van der Waals surface area contributed by atoms with Crippen molar-refractivity contribution >= 4 is 34.4 Å². The van der Waals surface area contributed by atoms with Crippen molar-refractivity contribution in [3.05, 3.63) is 24.3 Å². The Morgan fingerprint density at radius 2 is 1.60 bits per heavy atom. The molecule has 1 aromatic rings. The van der Waals surface area contributed by atoms with Crippen LogP contribution in [0.2, 0.25) is 0 Å². The molecule has 1 saturated heterocycles. The van der Waals surface area contributed by atoms with Gasteiger partial charge in [-0.05, 0) is 59.1 Å². The van der Waals surface area contributed by atoms with Crippen LogP contribution in [0.15, 0.2) is 29.2 Å². The zero-order chi connectivity index (χ0) is 18.9. The zero-order valence-corrected chi connectivity index (χ0v) is 17.5. The van der Waals surface area contributed by atoms with E-state index in [1.807, 2.05) is 52.0 Å². The highest BCUT2D eigenvalue weighted by Crippen LogP contribution is 2.36. The molecule has 1 heterocycles. The van der Waals surface area contributed by atoms with E-state index in [2.05, 4.69) is 4.72 Å². The van der Waals surface area contributed by atoms with Crippen LogP contribution in [-0.4, -0.2) is 44.3 Å².